The molecule has 0 radical (unpaired) electrons. The molecule has 2 aliphatic carbocycles. The fourth-order valence-corrected chi connectivity index (χ4v) is 5.09. The number of carbonyl (C=O) groups is 2. The van der Waals surface area contributed by atoms with Gasteiger partial charge >= 0.3 is 5.97 Å². The molecule has 1 fully saturated rings. The third-order valence-corrected chi connectivity index (χ3v) is 6.84. The molecule has 30 heavy (non-hydrogen) atoms. The van der Waals surface area contributed by atoms with Crippen LogP contribution in [-0.4, -0.2) is 35.4 Å². The first kappa shape index (κ1) is 20.0. The lowest BCUT2D eigenvalue weighted by molar-refractivity contribution is -0.146. The molecule has 1 aromatic carbocycles. The molecular formula is C20H20N4O5S. The average Bonchev–Trinajstić information content (AvgIpc) is 3.29. The first-order valence-corrected chi connectivity index (χ1v) is 10.9. The standard InChI is InChI=1S/C20H20N4O5S/c1-11-8-9-21-20(22-11)24-30(28,29)15-6-4-14(5-7-15)23-18(25)16-12-2-3-13(10-12)17(16)19(26)27/h2-9,12-13,16-17H,10H2,1H3,(H,23,25)(H,26,27)(H,21,22,24)/t12-,13-,16-,17-/m0/s1. The number of benzene rings is 1. The van der Waals surface area contributed by atoms with Crippen molar-refractivity contribution in [3.63, 3.8) is 0 Å². The van der Waals surface area contributed by atoms with E-state index in [2.05, 4.69) is 20.0 Å². The van der Waals surface area contributed by atoms with E-state index < -0.39 is 27.8 Å². The van der Waals surface area contributed by atoms with Crippen molar-refractivity contribution in [1.82, 2.24) is 9.97 Å². The molecule has 3 N–H and O–H groups in total. The lowest BCUT2D eigenvalue weighted by Gasteiger charge is -2.23. The van der Waals surface area contributed by atoms with Crippen LogP contribution in [0.3, 0.4) is 0 Å². The summed E-state index contributed by atoms with van der Waals surface area (Å²) in [5.41, 5.74) is 1.01. The average molecular weight is 428 g/mol. The van der Waals surface area contributed by atoms with Crippen LogP contribution in [0, 0.1) is 30.6 Å². The number of aryl methyl sites for hydroxylation is 1. The topological polar surface area (TPSA) is 138 Å². The lowest BCUT2D eigenvalue weighted by Crippen LogP contribution is -2.36. The summed E-state index contributed by atoms with van der Waals surface area (Å²) in [6, 6.07) is 7.27. The highest BCUT2D eigenvalue weighted by Gasteiger charge is 2.51. The first-order valence-electron chi connectivity index (χ1n) is 9.39. The summed E-state index contributed by atoms with van der Waals surface area (Å²) in [7, 11) is -3.89. The van der Waals surface area contributed by atoms with Gasteiger partial charge in [0, 0.05) is 17.6 Å². The number of aromatic nitrogens is 2. The lowest BCUT2D eigenvalue weighted by atomic mass is 9.82. The van der Waals surface area contributed by atoms with E-state index in [0.717, 1.165) is 0 Å². The Balaban J connectivity index is 1.46. The molecule has 0 unspecified atom stereocenters. The van der Waals surface area contributed by atoms with Crippen molar-refractivity contribution in [3.8, 4) is 0 Å². The molecule has 156 valence electrons. The van der Waals surface area contributed by atoms with Gasteiger partial charge < -0.3 is 10.4 Å². The Morgan fingerprint density at radius 1 is 1.07 bits per heavy atom. The maximum atomic E-state index is 12.7. The Labute approximate surface area is 173 Å². The molecule has 0 saturated heterocycles. The number of aliphatic carboxylic acids is 1. The van der Waals surface area contributed by atoms with E-state index in [0.29, 0.717) is 17.8 Å². The van der Waals surface area contributed by atoms with Gasteiger partial charge in [-0.1, -0.05) is 12.2 Å². The van der Waals surface area contributed by atoms with E-state index in [1.807, 2.05) is 12.2 Å². The first-order chi connectivity index (χ1) is 14.2. The fourth-order valence-electron chi connectivity index (χ4n) is 4.14. The zero-order valence-corrected chi connectivity index (χ0v) is 16.8. The molecule has 0 aliphatic heterocycles. The second-order valence-electron chi connectivity index (χ2n) is 7.48. The number of carboxylic acids is 1. The van der Waals surface area contributed by atoms with Crippen molar-refractivity contribution in [2.24, 2.45) is 23.7 Å². The van der Waals surface area contributed by atoms with Crippen LogP contribution in [0.4, 0.5) is 11.6 Å². The molecule has 1 aromatic heterocycles. The molecular weight excluding hydrogens is 408 g/mol. The molecule has 2 bridgehead atoms. The maximum Gasteiger partial charge on any atom is 0.307 e. The second kappa shape index (κ2) is 7.52. The van der Waals surface area contributed by atoms with Gasteiger partial charge in [0.2, 0.25) is 11.9 Å². The van der Waals surface area contributed by atoms with Crippen LogP contribution in [0.1, 0.15) is 12.1 Å². The fraction of sp³-hybridized carbons (Fsp3) is 0.300. The molecule has 10 heteroatoms. The van der Waals surface area contributed by atoms with E-state index in [1.54, 1.807) is 13.0 Å². The van der Waals surface area contributed by atoms with Gasteiger partial charge in [0.05, 0.1) is 16.7 Å². The summed E-state index contributed by atoms with van der Waals surface area (Å²) in [6.45, 7) is 1.72. The van der Waals surface area contributed by atoms with E-state index in [1.165, 1.54) is 30.5 Å². The van der Waals surface area contributed by atoms with Crippen LogP contribution in [0.15, 0.2) is 53.6 Å². The zero-order valence-electron chi connectivity index (χ0n) is 16.0. The van der Waals surface area contributed by atoms with Gasteiger partial charge in [-0.3, -0.25) is 9.59 Å². The SMILES string of the molecule is Cc1ccnc(NS(=O)(=O)c2ccc(NC(=O)[C@@H]3[C@@H](C(=O)O)[C@H]4C=C[C@H]3C4)cc2)n1. The van der Waals surface area contributed by atoms with Crippen molar-refractivity contribution in [1.29, 1.82) is 0 Å². The van der Waals surface area contributed by atoms with Crippen LogP contribution in [0.25, 0.3) is 0 Å². The van der Waals surface area contributed by atoms with Crippen molar-refractivity contribution in [3.05, 3.63) is 54.4 Å². The van der Waals surface area contributed by atoms with E-state index in [4.69, 9.17) is 0 Å². The quantitative estimate of drug-likeness (QED) is 0.599. The molecule has 9 nitrogen and oxygen atoms in total. The van der Waals surface area contributed by atoms with Crippen molar-refractivity contribution in [2.45, 2.75) is 18.2 Å². The Kier molecular flexibility index (Phi) is 5.02. The van der Waals surface area contributed by atoms with Crippen LogP contribution < -0.4 is 10.0 Å². The molecule has 2 aliphatic rings. The Hall–Kier alpha value is -3.27. The minimum Gasteiger partial charge on any atom is -0.481 e. The molecule has 1 saturated carbocycles. The minimum absolute atomic E-state index is 0.0168. The highest BCUT2D eigenvalue weighted by molar-refractivity contribution is 7.92. The molecule has 1 heterocycles. The zero-order chi connectivity index (χ0) is 21.5. The van der Waals surface area contributed by atoms with Gasteiger partial charge in [0.25, 0.3) is 10.0 Å². The van der Waals surface area contributed by atoms with E-state index in [-0.39, 0.29) is 28.6 Å². The summed E-state index contributed by atoms with van der Waals surface area (Å²) in [5, 5.41) is 12.2. The van der Waals surface area contributed by atoms with Crippen LogP contribution >= 0.6 is 0 Å². The third-order valence-electron chi connectivity index (χ3n) is 5.50. The number of rotatable bonds is 6. The van der Waals surface area contributed by atoms with Gasteiger partial charge in [0.15, 0.2) is 0 Å². The van der Waals surface area contributed by atoms with Crippen molar-refractivity contribution >= 4 is 33.5 Å². The molecule has 0 spiro atoms. The Morgan fingerprint density at radius 2 is 1.73 bits per heavy atom. The summed E-state index contributed by atoms with van der Waals surface area (Å²) in [5.74, 6) is -2.96. The largest absolute Gasteiger partial charge is 0.481 e. The highest BCUT2D eigenvalue weighted by Crippen LogP contribution is 2.48. The number of fused-ring (bicyclic) bond motifs is 2. The van der Waals surface area contributed by atoms with Gasteiger partial charge in [-0.05, 0) is 55.5 Å². The summed E-state index contributed by atoms with van der Waals surface area (Å²) >= 11 is 0. The predicted molar refractivity (Wildman–Crippen MR) is 108 cm³/mol. The van der Waals surface area contributed by atoms with Crippen molar-refractivity contribution < 1.29 is 23.1 Å². The van der Waals surface area contributed by atoms with Crippen LogP contribution in [-0.2, 0) is 19.6 Å². The molecule has 4 atom stereocenters. The number of carboxylic acid groups (broad SMARTS) is 1. The number of allylic oxidation sites excluding steroid dienone is 2. The summed E-state index contributed by atoms with van der Waals surface area (Å²) in [4.78, 5) is 32.2. The second-order valence-corrected chi connectivity index (χ2v) is 9.16. The van der Waals surface area contributed by atoms with Crippen LogP contribution in [0.5, 0.6) is 0 Å². The van der Waals surface area contributed by atoms with Gasteiger partial charge in [-0.2, -0.15) is 0 Å². The number of anilines is 2. The summed E-state index contributed by atoms with van der Waals surface area (Å²) in [6.07, 6.45) is 5.90. The number of hydrogen-bond acceptors (Lipinski definition) is 6. The van der Waals surface area contributed by atoms with Crippen LogP contribution in [0.2, 0.25) is 0 Å². The molecule has 4 rings (SSSR count). The van der Waals surface area contributed by atoms with E-state index in [9.17, 15) is 23.1 Å². The van der Waals surface area contributed by atoms with Gasteiger partial charge in [0.1, 0.15) is 0 Å². The monoisotopic (exact) mass is 428 g/mol. The maximum absolute atomic E-state index is 12.7. The Bertz CT molecular complexity index is 1130. The third kappa shape index (κ3) is 3.78. The highest BCUT2D eigenvalue weighted by atomic mass is 32.2. The molecule has 2 aromatic rings. The number of nitrogens with one attached hydrogen (secondary N) is 2. The van der Waals surface area contributed by atoms with Crippen molar-refractivity contribution in [2.75, 3.05) is 10.0 Å². The number of amides is 1. The minimum atomic E-state index is -3.89. The van der Waals surface area contributed by atoms with Gasteiger partial charge in [-0.15, -0.1) is 0 Å². The summed E-state index contributed by atoms with van der Waals surface area (Å²) < 4.78 is 27.3. The van der Waals surface area contributed by atoms with Gasteiger partial charge in [-0.25, -0.2) is 23.1 Å². The number of sulfonamides is 1. The number of hydrogen-bond donors (Lipinski definition) is 3. The smallest absolute Gasteiger partial charge is 0.307 e. The molecule has 1 amide bonds. The normalized spacial score (nSPS) is 24.6. The van der Waals surface area contributed by atoms with E-state index >= 15 is 0 Å². The number of carbonyl (C=O) groups excluding carboxylic acids is 1. The Morgan fingerprint density at radius 3 is 2.37 bits per heavy atom. The predicted octanol–water partition coefficient (Wildman–Crippen LogP) is 2.05. The number of nitrogens with zero attached hydrogens (tertiary/aromatic N) is 2.